The Morgan fingerprint density at radius 3 is 0.904 bits per heavy atom. The number of carbonyl (C=O) groups excluding carboxylic acids is 3. The monoisotopic (exact) mass is 1180 g/mol. The van der Waals surface area contributed by atoms with Crippen molar-refractivity contribution in [2.45, 2.75) is 417 Å². The number of aliphatic hydroxyl groups is 2. The van der Waals surface area contributed by atoms with Crippen LogP contribution in [0.5, 0.6) is 0 Å². The highest BCUT2D eigenvalue weighted by Crippen LogP contribution is 2.27. The third-order valence-electron chi connectivity index (χ3n) is 17.2. The van der Waals surface area contributed by atoms with Crippen LogP contribution < -0.4 is 0 Å². The normalized spacial score (nSPS) is 17.4. The molecular weight excluding hydrogens is 1040 g/mol. The molecule has 0 aromatic heterocycles. The molecule has 83 heavy (non-hydrogen) atoms. The molecule has 0 saturated carbocycles. The maximum Gasteiger partial charge on any atom is 0.335 e. The lowest BCUT2D eigenvalue weighted by Crippen LogP contribution is -2.61. The quantitative estimate of drug-likeness (QED) is 0.0299. The van der Waals surface area contributed by atoms with Gasteiger partial charge in [0, 0.05) is 19.3 Å². The van der Waals surface area contributed by atoms with Gasteiger partial charge in [0.05, 0.1) is 6.61 Å². The summed E-state index contributed by atoms with van der Waals surface area (Å²) in [7, 11) is 0. The zero-order valence-electron chi connectivity index (χ0n) is 54.5. The summed E-state index contributed by atoms with van der Waals surface area (Å²) in [6.45, 7) is 6.10. The van der Waals surface area contributed by atoms with E-state index in [2.05, 4.69) is 20.8 Å². The maximum absolute atomic E-state index is 13.2. The van der Waals surface area contributed by atoms with E-state index in [1.165, 1.54) is 263 Å². The van der Waals surface area contributed by atoms with E-state index >= 15 is 0 Å². The van der Waals surface area contributed by atoms with Crippen molar-refractivity contribution in [2.24, 2.45) is 0 Å². The van der Waals surface area contributed by atoms with E-state index in [4.69, 9.17) is 23.7 Å². The van der Waals surface area contributed by atoms with Gasteiger partial charge >= 0.3 is 23.9 Å². The zero-order chi connectivity index (χ0) is 60.3. The smallest absolute Gasteiger partial charge is 0.335 e. The van der Waals surface area contributed by atoms with Crippen LogP contribution in [0.1, 0.15) is 380 Å². The lowest BCUT2D eigenvalue weighted by molar-refractivity contribution is -0.301. The van der Waals surface area contributed by atoms with E-state index in [1.54, 1.807) is 0 Å². The highest BCUT2D eigenvalue weighted by Gasteiger charge is 2.50. The van der Waals surface area contributed by atoms with Gasteiger partial charge in [-0.05, 0) is 19.3 Å². The molecule has 1 aliphatic heterocycles. The van der Waals surface area contributed by atoms with Gasteiger partial charge in [-0.1, -0.05) is 342 Å². The largest absolute Gasteiger partial charge is 0.479 e. The third kappa shape index (κ3) is 49.4. The van der Waals surface area contributed by atoms with E-state index in [0.717, 1.165) is 57.8 Å². The first-order valence-corrected chi connectivity index (χ1v) is 36.0. The lowest BCUT2D eigenvalue weighted by Gasteiger charge is -2.40. The second-order valence-electron chi connectivity index (χ2n) is 25.3. The first-order chi connectivity index (χ1) is 40.6. The molecule has 0 bridgehead atoms. The summed E-state index contributed by atoms with van der Waals surface area (Å²) >= 11 is 0. The first kappa shape index (κ1) is 78.7. The topological polar surface area (TPSA) is 175 Å². The molecule has 1 aliphatic rings. The van der Waals surface area contributed by atoms with Crippen molar-refractivity contribution >= 4 is 23.9 Å². The van der Waals surface area contributed by atoms with Gasteiger partial charge in [0.25, 0.3) is 0 Å². The molecule has 0 spiro atoms. The van der Waals surface area contributed by atoms with Gasteiger partial charge in [-0.2, -0.15) is 0 Å². The van der Waals surface area contributed by atoms with E-state index in [0.29, 0.717) is 19.3 Å². The van der Waals surface area contributed by atoms with Gasteiger partial charge in [-0.3, -0.25) is 14.4 Å². The summed E-state index contributed by atoms with van der Waals surface area (Å²) in [6, 6.07) is 0. The van der Waals surface area contributed by atoms with E-state index < -0.39 is 67.3 Å². The van der Waals surface area contributed by atoms with Gasteiger partial charge in [0.2, 0.25) is 0 Å². The fourth-order valence-electron chi connectivity index (χ4n) is 11.7. The Kier molecular flexibility index (Phi) is 56.9. The standard InChI is InChI=1S/C71H134O12/c1-4-7-10-13-16-19-22-25-28-31-32-35-36-39-42-45-48-51-54-57-63(72)79-60-62(81-64(73)58-55-52-49-46-43-40-37-33-29-26-23-20-17-14-11-8-5-2)61-80-71-69(67(76)66(75)68(83-71)70(77)78)82-65(74)59-56-53-50-47-44-41-38-34-30-27-24-21-18-15-12-9-6-3/h62,66-69,71,75-76H,4-61H2,1-3H3,(H,77,78). The average Bonchev–Trinajstić information content (AvgIpc) is 3.59. The molecular formula is C71H134O12. The Bertz CT molecular complexity index is 1440. The van der Waals surface area contributed by atoms with E-state index in [1.807, 2.05) is 0 Å². The van der Waals surface area contributed by atoms with Crippen molar-refractivity contribution in [3.05, 3.63) is 0 Å². The number of hydrogen-bond donors (Lipinski definition) is 3. The van der Waals surface area contributed by atoms with Crippen LogP contribution in [0.4, 0.5) is 0 Å². The SMILES string of the molecule is CCCCCCCCCCCCCCCCCCCCCC(=O)OCC(COC1OC(C(=O)O)C(O)C(O)C1OC(=O)CCCCCCCCCCCCCCCCCCC)OC(=O)CCCCCCCCCCCCCCCCCCC. The Labute approximate surface area is 510 Å². The predicted molar refractivity (Wildman–Crippen MR) is 341 cm³/mol. The van der Waals surface area contributed by atoms with Gasteiger partial charge < -0.3 is 39.0 Å². The number of carboxylic acids is 1. The fraction of sp³-hybridized carbons (Fsp3) is 0.944. The summed E-state index contributed by atoms with van der Waals surface area (Å²) < 4.78 is 28.7. The zero-order valence-corrected chi connectivity index (χ0v) is 54.5. The van der Waals surface area contributed by atoms with E-state index in [-0.39, 0.29) is 25.9 Å². The second kappa shape index (κ2) is 60.0. The summed E-state index contributed by atoms with van der Waals surface area (Å²) in [4.78, 5) is 51.5. The van der Waals surface area contributed by atoms with Gasteiger partial charge in [-0.15, -0.1) is 0 Å². The molecule has 0 amide bonds. The Hall–Kier alpha value is -2.28. The molecule has 12 heteroatoms. The minimum absolute atomic E-state index is 0.0715. The van der Waals surface area contributed by atoms with Crippen LogP contribution in [0.15, 0.2) is 0 Å². The van der Waals surface area contributed by atoms with Crippen LogP contribution in [-0.2, 0) is 42.9 Å². The number of unbranched alkanes of at least 4 members (excludes halogenated alkanes) is 50. The molecule has 0 aliphatic carbocycles. The molecule has 0 radical (unpaired) electrons. The van der Waals surface area contributed by atoms with Crippen LogP contribution >= 0.6 is 0 Å². The molecule has 3 N–H and O–H groups in total. The van der Waals surface area contributed by atoms with Crippen molar-refractivity contribution in [2.75, 3.05) is 13.2 Å². The second-order valence-corrected chi connectivity index (χ2v) is 25.3. The Morgan fingerprint density at radius 1 is 0.349 bits per heavy atom. The molecule has 1 fully saturated rings. The number of rotatable bonds is 64. The molecule has 490 valence electrons. The molecule has 1 saturated heterocycles. The molecule has 0 aromatic rings. The number of aliphatic carboxylic acids is 1. The predicted octanol–water partition coefficient (Wildman–Crippen LogP) is 19.8. The van der Waals surface area contributed by atoms with Gasteiger partial charge in [0.15, 0.2) is 24.6 Å². The van der Waals surface area contributed by atoms with Crippen LogP contribution in [0.2, 0.25) is 0 Å². The maximum atomic E-state index is 13.2. The van der Waals surface area contributed by atoms with Gasteiger partial charge in [-0.25, -0.2) is 4.79 Å². The minimum Gasteiger partial charge on any atom is -0.479 e. The van der Waals surface area contributed by atoms with Crippen LogP contribution in [0, 0.1) is 0 Å². The van der Waals surface area contributed by atoms with Gasteiger partial charge in [0.1, 0.15) is 18.8 Å². The van der Waals surface area contributed by atoms with Crippen molar-refractivity contribution in [1.82, 2.24) is 0 Å². The number of esters is 3. The third-order valence-corrected chi connectivity index (χ3v) is 17.2. The van der Waals surface area contributed by atoms with Crippen LogP contribution in [0.3, 0.4) is 0 Å². The lowest BCUT2D eigenvalue weighted by atomic mass is 9.98. The number of carboxylic acid groups (broad SMARTS) is 1. The Balaban J connectivity index is 2.59. The number of hydrogen-bond acceptors (Lipinski definition) is 11. The number of aliphatic hydroxyl groups excluding tert-OH is 2. The van der Waals surface area contributed by atoms with Crippen molar-refractivity contribution in [3.63, 3.8) is 0 Å². The summed E-state index contributed by atoms with van der Waals surface area (Å²) in [6.07, 6.45) is 56.3. The molecule has 6 unspecified atom stereocenters. The van der Waals surface area contributed by atoms with Crippen LogP contribution in [0.25, 0.3) is 0 Å². The van der Waals surface area contributed by atoms with E-state index in [9.17, 15) is 34.5 Å². The van der Waals surface area contributed by atoms with Crippen molar-refractivity contribution < 1.29 is 58.2 Å². The van der Waals surface area contributed by atoms with Crippen molar-refractivity contribution in [3.8, 4) is 0 Å². The average molecular weight is 1180 g/mol. The molecule has 6 atom stereocenters. The molecule has 0 aromatic carbocycles. The number of ether oxygens (including phenoxy) is 5. The minimum atomic E-state index is -1.89. The Morgan fingerprint density at radius 2 is 0.614 bits per heavy atom. The molecule has 1 heterocycles. The summed E-state index contributed by atoms with van der Waals surface area (Å²) in [5, 5.41) is 31.7. The highest BCUT2D eigenvalue weighted by molar-refractivity contribution is 5.74. The molecule has 12 nitrogen and oxygen atoms in total. The highest BCUT2D eigenvalue weighted by atomic mass is 16.7. The summed E-state index contributed by atoms with van der Waals surface area (Å²) in [5.74, 6) is -3.05. The summed E-state index contributed by atoms with van der Waals surface area (Å²) in [5.41, 5.74) is 0. The van der Waals surface area contributed by atoms with Crippen molar-refractivity contribution in [1.29, 1.82) is 0 Å². The van der Waals surface area contributed by atoms with Crippen LogP contribution in [-0.4, -0.2) is 89.2 Å². The number of carbonyl (C=O) groups is 4. The molecule has 1 rings (SSSR count). The fourth-order valence-corrected chi connectivity index (χ4v) is 11.7. The first-order valence-electron chi connectivity index (χ1n) is 36.0.